The summed E-state index contributed by atoms with van der Waals surface area (Å²) in [6.07, 6.45) is 0. The van der Waals surface area contributed by atoms with Crippen molar-refractivity contribution in [3.05, 3.63) is 0 Å². The van der Waals surface area contributed by atoms with Crippen molar-refractivity contribution in [3.63, 3.8) is 0 Å². The van der Waals surface area contributed by atoms with Crippen LogP contribution in [0.15, 0.2) is 0 Å². The lowest BCUT2D eigenvalue weighted by Crippen LogP contribution is -2.58. The lowest BCUT2D eigenvalue weighted by atomic mass is 10.1. The molecule has 1 aliphatic heterocycles. The van der Waals surface area contributed by atoms with E-state index < -0.39 is 0 Å². The number of rotatable bonds is 5. The van der Waals surface area contributed by atoms with E-state index in [-0.39, 0.29) is 24.6 Å². The van der Waals surface area contributed by atoms with Gasteiger partial charge in [-0.05, 0) is 13.8 Å². The van der Waals surface area contributed by atoms with E-state index in [1.54, 1.807) is 7.11 Å². The van der Waals surface area contributed by atoms with Crippen LogP contribution >= 0.6 is 0 Å². The van der Waals surface area contributed by atoms with Crippen LogP contribution in [0.1, 0.15) is 13.8 Å². The third-order valence-electron chi connectivity index (χ3n) is 2.77. The summed E-state index contributed by atoms with van der Waals surface area (Å²) in [5.74, 6) is 0.0672. The minimum Gasteiger partial charge on any atom is -0.382 e. The van der Waals surface area contributed by atoms with Gasteiger partial charge >= 0.3 is 0 Å². The third kappa shape index (κ3) is 3.73. The summed E-state index contributed by atoms with van der Waals surface area (Å²) in [5, 5.41) is 3.29. The number of nitrogens with one attached hydrogen (secondary N) is 1. The maximum Gasteiger partial charge on any atom is 0.249 e. The molecule has 5 heteroatoms. The van der Waals surface area contributed by atoms with E-state index in [0.29, 0.717) is 13.2 Å². The summed E-state index contributed by atoms with van der Waals surface area (Å²) in [4.78, 5) is 13.8. The Bertz CT molecular complexity index is 213. The van der Waals surface area contributed by atoms with Gasteiger partial charge in [0, 0.05) is 32.3 Å². The van der Waals surface area contributed by atoms with Crippen molar-refractivity contribution in [1.29, 1.82) is 0 Å². The number of carbonyl (C=O) groups excluding carboxylic acids is 1. The molecule has 5 nitrogen and oxygen atoms in total. The second kappa shape index (κ2) is 6.83. The van der Waals surface area contributed by atoms with Crippen molar-refractivity contribution >= 4 is 5.91 Å². The van der Waals surface area contributed by atoms with Gasteiger partial charge in [0.05, 0.1) is 13.2 Å². The summed E-state index contributed by atoms with van der Waals surface area (Å²) >= 11 is 0. The quantitative estimate of drug-likeness (QED) is 0.668. The molecule has 16 heavy (non-hydrogen) atoms. The molecule has 0 aromatic heterocycles. The number of piperazine rings is 1. The minimum atomic E-state index is 0.0672. The number of hydrogen-bond acceptors (Lipinski definition) is 4. The van der Waals surface area contributed by atoms with Crippen molar-refractivity contribution in [3.8, 4) is 0 Å². The number of hydrogen-bond donors (Lipinski definition) is 1. The molecule has 1 saturated heterocycles. The zero-order chi connectivity index (χ0) is 12.0. The summed E-state index contributed by atoms with van der Waals surface area (Å²) in [6.45, 7) is 6.96. The van der Waals surface area contributed by atoms with E-state index >= 15 is 0 Å². The van der Waals surface area contributed by atoms with Crippen LogP contribution in [0.5, 0.6) is 0 Å². The Balaban J connectivity index is 2.33. The molecule has 1 fully saturated rings. The van der Waals surface area contributed by atoms with Gasteiger partial charge in [-0.2, -0.15) is 0 Å². The van der Waals surface area contributed by atoms with Crippen LogP contribution in [0.3, 0.4) is 0 Å². The molecule has 1 N–H and O–H groups in total. The summed E-state index contributed by atoms with van der Waals surface area (Å²) in [7, 11) is 1.62. The van der Waals surface area contributed by atoms with Gasteiger partial charge in [-0.25, -0.2) is 0 Å². The molecule has 0 aliphatic carbocycles. The SMILES string of the molecule is COCCOCC(=O)N1C(C)CNCC1C. The van der Waals surface area contributed by atoms with Gasteiger partial charge < -0.3 is 19.7 Å². The molecule has 1 aliphatic rings. The van der Waals surface area contributed by atoms with Crippen molar-refractivity contribution < 1.29 is 14.3 Å². The van der Waals surface area contributed by atoms with Gasteiger partial charge in [-0.1, -0.05) is 0 Å². The van der Waals surface area contributed by atoms with Crippen LogP contribution in [0.2, 0.25) is 0 Å². The maximum absolute atomic E-state index is 11.9. The molecular formula is C11H22N2O3. The van der Waals surface area contributed by atoms with Crippen LogP contribution in [0, 0.1) is 0 Å². The number of amides is 1. The standard InChI is InChI=1S/C11H22N2O3/c1-9-6-12-7-10(2)13(9)11(14)8-16-5-4-15-3/h9-10,12H,4-8H2,1-3H3. The highest BCUT2D eigenvalue weighted by atomic mass is 16.5. The summed E-state index contributed by atoms with van der Waals surface area (Å²) < 4.78 is 10.1. The van der Waals surface area contributed by atoms with Gasteiger partial charge in [0.15, 0.2) is 0 Å². The van der Waals surface area contributed by atoms with Crippen LogP contribution in [-0.2, 0) is 14.3 Å². The van der Waals surface area contributed by atoms with Gasteiger partial charge in [-0.3, -0.25) is 4.79 Å². The second-order valence-electron chi connectivity index (χ2n) is 4.20. The monoisotopic (exact) mass is 230 g/mol. The van der Waals surface area contributed by atoms with Gasteiger partial charge in [0.1, 0.15) is 6.61 Å². The molecule has 1 amide bonds. The first kappa shape index (κ1) is 13.4. The molecule has 0 saturated carbocycles. The topological polar surface area (TPSA) is 50.8 Å². The summed E-state index contributed by atoms with van der Waals surface area (Å²) in [6, 6.07) is 0.476. The first-order valence-corrected chi connectivity index (χ1v) is 5.75. The molecule has 1 rings (SSSR count). The Kier molecular flexibility index (Phi) is 5.73. The fraction of sp³-hybridized carbons (Fsp3) is 0.909. The first-order valence-electron chi connectivity index (χ1n) is 5.75. The van der Waals surface area contributed by atoms with Crippen molar-refractivity contribution in [2.45, 2.75) is 25.9 Å². The Hall–Kier alpha value is -0.650. The highest BCUT2D eigenvalue weighted by Crippen LogP contribution is 2.09. The molecule has 2 unspecified atom stereocenters. The smallest absolute Gasteiger partial charge is 0.249 e. The third-order valence-corrected chi connectivity index (χ3v) is 2.77. The van der Waals surface area contributed by atoms with Crippen molar-refractivity contribution in [2.24, 2.45) is 0 Å². The number of ether oxygens (including phenoxy) is 2. The molecule has 0 aromatic rings. The van der Waals surface area contributed by atoms with Crippen LogP contribution in [0.25, 0.3) is 0 Å². The Morgan fingerprint density at radius 2 is 1.94 bits per heavy atom. The fourth-order valence-electron chi connectivity index (χ4n) is 2.00. The van der Waals surface area contributed by atoms with E-state index in [4.69, 9.17) is 9.47 Å². The lowest BCUT2D eigenvalue weighted by Gasteiger charge is -2.39. The molecule has 0 aromatic carbocycles. The van der Waals surface area contributed by atoms with Gasteiger partial charge in [0.2, 0.25) is 5.91 Å². The molecule has 94 valence electrons. The molecule has 0 radical (unpaired) electrons. The van der Waals surface area contributed by atoms with E-state index in [1.165, 1.54) is 0 Å². The molecule has 0 bridgehead atoms. The van der Waals surface area contributed by atoms with Crippen molar-refractivity contribution in [2.75, 3.05) is 40.0 Å². The van der Waals surface area contributed by atoms with Gasteiger partial charge in [0.25, 0.3) is 0 Å². The Labute approximate surface area is 97.1 Å². The molecule has 2 atom stereocenters. The molecule has 1 heterocycles. The molecule has 0 spiro atoms. The van der Waals surface area contributed by atoms with Crippen LogP contribution in [-0.4, -0.2) is 62.9 Å². The normalized spacial score (nSPS) is 25.8. The summed E-state index contributed by atoms with van der Waals surface area (Å²) in [5.41, 5.74) is 0. The average Bonchev–Trinajstić information content (AvgIpc) is 2.24. The number of methoxy groups -OCH3 is 1. The fourth-order valence-corrected chi connectivity index (χ4v) is 2.00. The zero-order valence-electron chi connectivity index (χ0n) is 10.4. The highest BCUT2D eigenvalue weighted by Gasteiger charge is 2.28. The van der Waals surface area contributed by atoms with Crippen LogP contribution in [0.4, 0.5) is 0 Å². The minimum absolute atomic E-state index is 0.0672. The van der Waals surface area contributed by atoms with E-state index in [0.717, 1.165) is 13.1 Å². The highest BCUT2D eigenvalue weighted by molar-refractivity contribution is 5.78. The predicted octanol–water partition coefficient (Wildman–Crippen LogP) is -0.142. The number of nitrogens with zero attached hydrogens (tertiary/aromatic N) is 1. The van der Waals surface area contributed by atoms with Crippen molar-refractivity contribution in [1.82, 2.24) is 10.2 Å². The first-order chi connectivity index (χ1) is 7.66. The maximum atomic E-state index is 11.9. The zero-order valence-corrected chi connectivity index (χ0v) is 10.4. The largest absolute Gasteiger partial charge is 0.382 e. The average molecular weight is 230 g/mol. The van der Waals surface area contributed by atoms with Gasteiger partial charge in [-0.15, -0.1) is 0 Å². The predicted molar refractivity (Wildman–Crippen MR) is 61.3 cm³/mol. The van der Waals surface area contributed by atoms with E-state index in [2.05, 4.69) is 19.2 Å². The van der Waals surface area contributed by atoms with E-state index in [1.807, 2.05) is 4.90 Å². The lowest BCUT2D eigenvalue weighted by molar-refractivity contribution is -0.142. The second-order valence-corrected chi connectivity index (χ2v) is 4.20. The van der Waals surface area contributed by atoms with E-state index in [9.17, 15) is 4.79 Å². The number of carbonyl (C=O) groups is 1. The molecular weight excluding hydrogens is 208 g/mol. The Morgan fingerprint density at radius 3 is 2.50 bits per heavy atom. The van der Waals surface area contributed by atoms with Crippen LogP contribution < -0.4 is 5.32 Å². The Morgan fingerprint density at radius 1 is 1.31 bits per heavy atom.